The number of nitrogens with one attached hydrogen (secondary N) is 1. The standard InChI is InChI=1S/C11H13F4N3/c12-7-5-8(11(13,14)15)18-10(9(7)16)6-1-3-17-4-2-6/h5-6,17H,1-4,16H2. The van der Waals surface area contributed by atoms with Crippen LogP contribution in [-0.2, 0) is 6.18 Å². The molecule has 0 bridgehead atoms. The summed E-state index contributed by atoms with van der Waals surface area (Å²) in [5.41, 5.74) is 4.04. The zero-order chi connectivity index (χ0) is 13.3. The number of nitrogens with two attached hydrogens (primary N) is 1. The molecule has 0 saturated carbocycles. The average molecular weight is 263 g/mol. The highest BCUT2D eigenvalue weighted by molar-refractivity contribution is 5.47. The summed E-state index contributed by atoms with van der Waals surface area (Å²) in [6, 6.07) is 0.347. The van der Waals surface area contributed by atoms with E-state index in [2.05, 4.69) is 10.3 Å². The second kappa shape index (κ2) is 4.72. The minimum atomic E-state index is -4.66. The molecular weight excluding hydrogens is 250 g/mol. The first-order valence-corrected chi connectivity index (χ1v) is 5.63. The van der Waals surface area contributed by atoms with E-state index in [4.69, 9.17) is 5.73 Å². The maximum atomic E-state index is 13.4. The normalized spacial score (nSPS) is 18.0. The van der Waals surface area contributed by atoms with E-state index in [-0.39, 0.29) is 17.3 Å². The third-order valence-electron chi connectivity index (χ3n) is 3.05. The molecule has 0 amide bonds. The molecule has 0 unspecified atom stereocenters. The first kappa shape index (κ1) is 13.1. The van der Waals surface area contributed by atoms with Crippen LogP contribution in [0.1, 0.15) is 30.1 Å². The van der Waals surface area contributed by atoms with E-state index in [1.165, 1.54) is 0 Å². The average Bonchev–Trinajstić information content (AvgIpc) is 2.32. The Balaban J connectivity index is 2.42. The van der Waals surface area contributed by atoms with Crippen LogP contribution in [0, 0.1) is 5.82 Å². The number of pyridine rings is 1. The van der Waals surface area contributed by atoms with Gasteiger partial charge < -0.3 is 11.1 Å². The van der Waals surface area contributed by atoms with E-state index in [1.807, 2.05) is 0 Å². The lowest BCUT2D eigenvalue weighted by Gasteiger charge is -2.24. The molecule has 1 aliphatic heterocycles. The van der Waals surface area contributed by atoms with Crippen LogP contribution in [0.5, 0.6) is 0 Å². The van der Waals surface area contributed by atoms with Gasteiger partial charge in [-0.05, 0) is 25.9 Å². The molecule has 3 nitrogen and oxygen atoms in total. The van der Waals surface area contributed by atoms with E-state index < -0.39 is 17.7 Å². The maximum absolute atomic E-state index is 13.4. The van der Waals surface area contributed by atoms with Crippen molar-refractivity contribution in [3.05, 3.63) is 23.3 Å². The van der Waals surface area contributed by atoms with Gasteiger partial charge in [-0.3, -0.25) is 0 Å². The molecule has 2 heterocycles. The topological polar surface area (TPSA) is 50.9 Å². The number of hydrogen-bond acceptors (Lipinski definition) is 3. The van der Waals surface area contributed by atoms with Gasteiger partial charge in [0.15, 0.2) is 0 Å². The lowest BCUT2D eigenvalue weighted by atomic mass is 9.93. The summed E-state index contributed by atoms with van der Waals surface area (Å²) < 4.78 is 51.1. The van der Waals surface area contributed by atoms with E-state index >= 15 is 0 Å². The molecule has 0 aromatic carbocycles. The van der Waals surface area contributed by atoms with Gasteiger partial charge in [-0.1, -0.05) is 0 Å². The van der Waals surface area contributed by atoms with Gasteiger partial charge in [0.1, 0.15) is 11.5 Å². The molecule has 1 saturated heterocycles. The molecule has 100 valence electrons. The molecule has 0 atom stereocenters. The fraction of sp³-hybridized carbons (Fsp3) is 0.545. The third-order valence-corrected chi connectivity index (χ3v) is 3.05. The van der Waals surface area contributed by atoms with E-state index in [9.17, 15) is 17.6 Å². The Morgan fingerprint density at radius 1 is 1.28 bits per heavy atom. The molecule has 1 aliphatic rings. The van der Waals surface area contributed by atoms with Crippen molar-refractivity contribution < 1.29 is 17.6 Å². The number of alkyl halides is 3. The number of hydrogen-bond donors (Lipinski definition) is 2. The van der Waals surface area contributed by atoms with Gasteiger partial charge >= 0.3 is 6.18 Å². The van der Waals surface area contributed by atoms with Gasteiger partial charge in [-0.15, -0.1) is 0 Å². The molecule has 18 heavy (non-hydrogen) atoms. The molecule has 1 aromatic heterocycles. The summed E-state index contributed by atoms with van der Waals surface area (Å²) in [5, 5.41) is 3.08. The zero-order valence-electron chi connectivity index (χ0n) is 9.52. The number of nitrogens with zero attached hydrogens (tertiary/aromatic N) is 1. The Kier molecular flexibility index (Phi) is 3.43. The van der Waals surface area contributed by atoms with Crippen molar-refractivity contribution in [3.63, 3.8) is 0 Å². The van der Waals surface area contributed by atoms with Crippen LogP contribution in [0.2, 0.25) is 0 Å². The van der Waals surface area contributed by atoms with Crippen molar-refractivity contribution in [2.24, 2.45) is 0 Å². The highest BCUT2D eigenvalue weighted by Crippen LogP contribution is 2.34. The summed E-state index contributed by atoms with van der Waals surface area (Å²) in [5.74, 6) is -1.27. The van der Waals surface area contributed by atoms with Gasteiger partial charge in [-0.2, -0.15) is 13.2 Å². The van der Waals surface area contributed by atoms with Crippen molar-refractivity contribution in [1.82, 2.24) is 10.3 Å². The summed E-state index contributed by atoms with van der Waals surface area (Å²) in [6.07, 6.45) is -3.44. The first-order valence-electron chi connectivity index (χ1n) is 5.63. The predicted molar refractivity (Wildman–Crippen MR) is 58.5 cm³/mol. The summed E-state index contributed by atoms with van der Waals surface area (Å²) in [6.45, 7) is 1.34. The van der Waals surface area contributed by atoms with Crippen molar-refractivity contribution >= 4 is 5.69 Å². The van der Waals surface area contributed by atoms with Crippen molar-refractivity contribution in [3.8, 4) is 0 Å². The maximum Gasteiger partial charge on any atom is 0.433 e. The fourth-order valence-corrected chi connectivity index (χ4v) is 2.09. The Morgan fingerprint density at radius 2 is 1.89 bits per heavy atom. The first-order chi connectivity index (χ1) is 8.39. The number of anilines is 1. The molecule has 7 heteroatoms. The van der Waals surface area contributed by atoms with Gasteiger partial charge in [0.05, 0.1) is 11.4 Å². The van der Waals surface area contributed by atoms with E-state index in [0.29, 0.717) is 32.0 Å². The molecule has 1 aromatic rings. The fourth-order valence-electron chi connectivity index (χ4n) is 2.09. The Labute approximate surface area is 101 Å². The smallest absolute Gasteiger partial charge is 0.395 e. The van der Waals surface area contributed by atoms with Gasteiger partial charge in [0.25, 0.3) is 0 Å². The van der Waals surface area contributed by atoms with Crippen molar-refractivity contribution in [1.29, 1.82) is 0 Å². The minimum Gasteiger partial charge on any atom is -0.395 e. The number of aromatic nitrogens is 1. The lowest BCUT2D eigenvalue weighted by molar-refractivity contribution is -0.141. The van der Waals surface area contributed by atoms with Crippen LogP contribution in [0.15, 0.2) is 6.07 Å². The molecule has 0 spiro atoms. The Morgan fingerprint density at radius 3 is 2.44 bits per heavy atom. The van der Waals surface area contributed by atoms with Crippen LogP contribution in [0.25, 0.3) is 0 Å². The number of piperidine rings is 1. The summed E-state index contributed by atoms with van der Waals surface area (Å²) in [7, 11) is 0. The third kappa shape index (κ3) is 2.55. The van der Waals surface area contributed by atoms with Crippen molar-refractivity contribution in [2.75, 3.05) is 18.8 Å². The Hall–Kier alpha value is -1.37. The van der Waals surface area contributed by atoms with Crippen molar-refractivity contribution in [2.45, 2.75) is 24.9 Å². The number of rotatable bonds is 1. The molecular formula is C11H13F4N3. The molecule has 0 radical (unpaired) electrons. The second-order valence-corrected chi connectivity index (χ2v) is 4.31. The van der Waals surface area contributed by atoms with Gasteiger partial charge in [-0.25, -0.2) is 9.37 Å². The SMILES string of the molecule is Nc1c(F)cc(C(F)(F)F)nc1C1CCNCC1. The van der Waals surface area contributed by atoms with Crippen LogP contribution in [0.4, 0.5) is 23.2 Å². The van der Waals surface area contributed by atoms with Gasteiger partial charge in [0, 0.05) is 12.0 Å². The van der Waals surface area contributed by atoms with Crippen LogP contribution >= 0.6 is 0 Å². The van der Waals surface area contributed by atoms with Crippen LogP contribution in [-0.4, -0.2) is 18.1 Å². The largest absolute Gasteiger partial charge is 0.433 e. The number of nitrogen functional groups attached to an aromatic ring is 1. The molecule has 3 N–H and O–H groups in total. The van der Waals surface area contributed by atoms with Gasteiger partial charge in [0.2, 0.25) is 0 Å². The highest BCUT2D eigenvalue weighted by Gasteiger charge is 2.35. The summed E-state index contributed by atoms with van der Waals surface area (Å²) in [4.78, 5) is 3.51. The molecule has 1 fully saturated rings. The van der Waals surface area contributed by atoms with E-state index in [1.54, 1.807) is 0 Å². The van der Waals surface area contributed by atoms with E-state index in [0.717, 1.165) is 0 Å². The minimum absolute atomic E-state index is 0.0313. The zero-order valence-corrected chi connectivity index (χ0v) is 9.52. The monoisotopic (exact) mass is 263 g/mol. The molecule has 2 rings (SSSR count). The second-order valence-electron chi connectivity index (χ2n) is 4.31. The number of halogens is 4. The Bertz CT molecular complexity index is 439. The molecule has 0 aliphatic carbocycles. The summed E-state index contributed by atoms with van der Waals surface area (Å²) >= 11 is 0. The lowest BCUT2D eigenvalue weighted by Crippen LogP contribution is -2.28. The quantitative estimate of drug-likeness (QED) is 0.764. The van der Waals surface area contributed by atoms with Crippen LogP contribution in [0.3, 0.4) is 0 Å². The van der Waals surface area contributed by atoms with Crippen LogP contribution < -0.4 is 11.1 Å². The highest BCUT2D eigenvalue weighted by atomic mass is 19.4. The predicted octanol–water partition coefficient (Wildman–Crippen LogP) is 2.29.